The standard InChI is InChI=1S/C15H17NO4/c1-2-12-6-9-14(18)16(12)20-15(19)10-5-11-3-7-13(17)8-4-11/h2-4,7-8,17H,5-6,9-10H2,1H3. The molecule has 0 atom stereocenters. The van der Waals surface area contributed by atoms with Crippen LogP contribution in [0.5, 0.6) is 5.75 Å². The average Bonchev–Trinajstić information content (AvgIpc) is 2.79. The molecule has 0 unspecified atom stereocenters. The summed E-state index contributed by atoms with van der Waals surface area (Å²) in [6, 6.07) is 6.65. The van der Waals surface area contributed by atoms with Crippen LogP contribution in [0.3, 0.4) is 0 Å². The summed E-state index contributed by atoms with van der Waals surface area (Å²) in [5, 5.41) is 10.3. The van der Waals surface area contributed by atoms with E-state index in [0.29, 0.717) is 19.3 Å². The summed E-state index contributed by atoms with van der Waals surface area (Å²) in [7, 11) is 0. The van der Waals surface area contributed by atoms with E-state index < -0.39 is 5.97 Å². The van der Waals surface area contributed by atoms with Crippen LogP contribution >= 0.6 is 0 Å². The third-order valence-electron chi connectivity index (χ3n) is 3.16. The molecule has 1 aliphatic heterocycles. The van der Waals surface area contributed by atoms with Crippen LogP contribution in [-0.4, -0.2) is 22.0 Å². The fraction of sp³-hybridized carbons (Fsp3) is 0.333. The van der Waals surface area contributed by atoms with Crippen LogP contribution in [0, 0.1) is 0 Å². The van der Waals surface area contributed by atoms with Crippen molar-refractivity contribution in [2.24, 2.45) is 0 Å². The molecule has 0 saturated carbocycles. The molecule has 1 aliphatic rings. The molecule has 2 rings (SSSR count). The third-order valence-corrected chi connectivity index (χ3v) is 3.16. The summed E-state index contributed by atoms with van der Waals surface area (Å²) in [6.45, 7) is 1.81. The zero-order valence-electron chi connectivity index (χ0n) is 11.3. The Bertz CT molecular complexity index is 533. The van der Waals surface area contributed by atoms with Crippen LogP contribution in [0.2, 0.25) is 0 Å². The smallest absolute Gasteiger partial charge is 0.333 e. The van der Waals surface area contributed by atoms with Gasteiger partial charge in [0.2, 0.25) is 0 Å². The highest BCUT2D eigenvalue weighted by Gasteiger charge is 2.28. The Morgan fingerprint density at radius 1 is 1.35 bits per heavy atom. The molecule has 1 N–H and O–H groups in total. The molecule has 1 heterocycles. The number of amides is 1. The van der Waals surface area contributed by atoms with Gasteiger partial charge in [0, 0.05) is 6.42 Å². The minimum atomic E-state index is -0.437. The molecular weight excluding hydrogens is 258 g/mol. The van der Waals surface area contributed by atoms with Crippen LogP contribution in [0.4, 0.5) is 0 Å². The van der Waals surface area contributed by atoms with Crippen molar-refractivity contribution < 1.29 is 19.5 Å². The molecule has 1 aromatic carbocycles. The molecule has 0 bridgehead atoms. The lowest BCUT2D eigenvalue weighted by Crippen LogP contribution is -2.27. The maximum atomic E-state index is 11.8. The molecule has 5 nitrogen and oxygen atoms in total. The van der Waals surface area contributed by atoms with Crippen molar-refractivity contribution in [3.05, 3.63) is 41.6 Å². The number of benzene rings is 1. The fourth-order valence-corrected chi connectivity index (χ4v) is 2.03. The highest BCUT2D eigenvalue weighted by molar-refractivity contribution is 5.82. The maximum absolute atomic E-state index is 11.8. The molecule has 0 radical (unpaired) electrons. The summed E-state index contributed by atoms with van der Waals surface area (Å²) in [4.78, 5) is 28.4. The van der Waals surface area contributed by atoms with Crippen molar-refractivity contribution in [2.75, 3.05) is 0 Å². The quantitative estimate of drug-likeness (QED) is 0.915. The average molecular weight is 275 g/mol. The van der Waals surface area contributed by atoms with Gasteiger partial charge in [-0.15, -0.1) is 5.06 Å². The molecule has 20 heavy (non-hydrogen) atoms. The number of phenols is 1. The zero-order valence-corrected chi connectivity index (χ0v) is 11.3. The molecule has 0 spiro atoms. The lowest BCUT2D eigenvalue weighted by molar-refractivity contribution is -0.186. The normalized spacial score (nSPS) is 16.8. The van der Waals surface area contributed by atoms with E-state index in [2.05, 4.69) is 0 Å². The van der Waals surface area contributed by atoms with E-state index in [0.717, 1.165) is 16.3 Å². The molecule has 0 aromatic heterocycles. The Kier molecular flexibility index (Phi) is 4.40. The number of aryl methyl sites for hydroxylation is 1. The summed E-state index contributed by atoms with van der Waals surface area (Å²) in [5.41, 5.74) is 1.66. The van der Waals surface area contributed by atoms with Gasteiger partial charge in [0.1, 0.15) is 5.75 Å². The third kappa shape index (κ3) is 3.38. The minimum Gasteiger partial charge on any atom is -0.508 e. The lowest BCUT2D eigenvalue weighted by atomic mass is 10.1. The molecule has 5 heteroatoms. The number of hydrogen-bond acceptors (Lipinski definition) is 4. The van der Waals surface area contributed by atoms with Crippen molar-refractivity contribution in [3.8, 4) is 5.75 Å². The predicted molar refractivity (Wildman–Crippen MR) is 72.4 cm³/mol. The van der Waals surface area contributed by atoms with Crippen molar-refractivity contribution in [1.82, 2.24) is 5.06 Å². The minimum absolute atomic E-state index is 0.184. The number of allylic oxidation sites excluding steroid dienone is 2. The second-order valence-corrected chi connectivity index (χ2v) is 4.60. The summed E-state index contributed by atoms with van der Waals surface area (Å²) in [6.07, 6.45) is 3.46. The molecule has 1 saturated heterocycles. The first-order valence-electron chi connectivity index (χ1n) is 6.57. The molecule has 1 amide bonds. The van der Waals surface area contributed by atoms with Gasteiger partial charge in [-0.05, 0) is 37.5 Å². The second kappa shape index (κ2) is 6.23. The van der Waals surface area contributed by atoms with Crippen LogP contribution in [-0.2, 0) is 20.8 Å². The Labute approximate surface area is 117 Å². The van der Waals surface area contributed by atoms with Crippen LogP contribution in [0.25, 0.3) is 0 Å². The van der Waals surface area contributed by atoms with Crippen LogP contribution < -0.4 is 0 Å². The topological polar surface area (TPSA) is 66.8 Å². The van der Waals surface area contributed by atoms with E-state index in [1.165, 1.54) is 0 Å². The highest BCUT2D eigenvalue weighted by atomic mass is 16.7. The van der Waals surface area contributed by atoms with E-state index in [1.54, 1.807) is 30.3 Å². The molecule has 1 aromatic rings. The number of carbonyl (C=O) groups excluding carboxylic acids is 2. The molecular formula is C15H17NO4. The van der Waals surface area contributed by atoms with Gasteiger partial charge in [-0.3, -0.25) is 4.79 Å². The number of nitrogens with zero attached hydrogens (tertiary/aromatic N) is 1. The number of hydrogen-bond donors (Lipinski definition) is 1. The van der Waals surface area contributed by atoms with Crippen molar-refractivity contribution in [3.63, 3.8) is 0 Å². The summed E-state index contributed by atoms with van der Waals surface area (Å²) < 4.78 is 0. The first-order valence-corrected chi connectivity index (χ1v) is 6.57. The number of phenolic OH excluding ortho intramolecular Hbond substituents is 1. The molecule has 1 fully saturated rings. The first kappa shape index (κ1) is 14.1. The second-order valence-electron chi connectivity index (χ2n) is 4.60. The lowest BCUT2D eigenvalue weighted by Gasteiger charge is -2.16. The number of carbonyl (C=O) groups is 2. The van der Waals surface area contributed by atoms with E-state index in [4.69, 9.17) is 9.94 Å². The first-order chi connectivity index (χ1) is 9.60. The number of aromatic hydroxyl groups is 1. The van der Waals surface area contributed by atoms with Gasteiger partial charge in [-0.25, -0.2) is 4.79 Å². The van der Waals surface area contributed by atoms with Gasteiger partial charge < -0.3 is 9.94 Å². The van der Waals surface area contributed by atoms with E-state index in [9.17, 15) is 9.59 Å². The number of rotatable bonds is 4. The van der Waals surface area contributed by atoms with E-state index in [1.807, 2.05) is 6.92 Å². The predicted octanol–water partition coefficient (Wildman–Crippen LogP) is 2.31. The Balaban J connectivity index is 1.86. The van der Waals surface area contributed by atoms with Gasteiger partial charge >= 0.3 is 5.97 Å². The number of hydroxylamine groups is 2. The van der Waals surface area contributed by atoms with Crippen molar-refractivity contribution in [1.29, 1.82) is 0 Å². The Morgan fingerprint density at radius 3 is 2.70 bits per heavy atom. The SMILES string of the molecule is CC=C1CCC(=O)N1OC(=O)CCc1ccc(O)cc1. The monoisotopic (exact) mass is 275 g/mol. The van der Waals surface area contributed by atoms with Gasteiger partial charge in [0.05, 0.1) is 12.1 Å². The molecule has 0 aliphatic carbocycles. The van der Waals surface area contributed by atoms with Crippen LogP contribution in [0.1, 0.15) is 31.7 Å². The van der Waals surface area contributed by atoms with Gasteiger partial charge in [0.25, 0.3) is 5.91 Å². The van der Waals surface area contributed by atoms with Crippen molar-refractivity contribution >= 4 is 11.9 Å². The Hall–Kier alpha value is -2.30. The summed E-state index contributed by atoms with van der Waals surface area (Å²) >= 11 is 0. The van der Waals surface area contributed by atoms with Crippen LogP contribution in [0.15, 0.2) is 36.0 Å². The largest absolute Gasteiger partial charge is 0.508 e. The summed E-state index contributed by atoms with van der Waals surface area (Å²) in [5.74, 6) is -0.430. The zero-order chi connectivity index (χ0) is 14.5. The van der Waals surface area contributed by atoms with Gasteiger partial charge in [-0.1, -0.05) is 18.2 Å². The Morgan fingerprint density at radius 2 is 2.05 bits per heavy atom. The van der Waals surface area contributed by atoms with Crippen molar-refractivity contribution in [2.45, 2.75) is 32.6 Å². The fourth-order valence-electron chi connectivity index (χ4n) is 2.03. The highest BCUT2D eigenvalue weighted by Crippen LogP contribution is 2.23. The van der Waals surface area contributed by atoms with E-state index in [-0.39, 0.29) is 18.1 Å². The van der Waals surface area contributed by atoms with E-state index >= 15 is 0 Å². The van der Waals surface area contributed by atoms with Gasteiger partial charge in [0.15, 0.2) is 0 Å². The molecule has 106 valence electrons. The van der Waals surface area contributed by atoms with Gasteiger partial charge in [-0.2, -0.15) is 0 Å². The maximum Gasteiger partial charge on any atom is 0.333 e.